The van der Waals surface area contributed by atoms with Gasteiger partial charge in [-0.05, 0) is 42.8 Å². The van der Waals surface area contributed by atoms with E-state index in [1.54, 1.807) is 35.2 Å². The highest BCUT2D eigenvalue weighted by atomic mass is 32.2. The first-order valence-electron chi connectivity index (χ1n) is 7.14. The molecule has 2 aromatic carbocycles. The smallest absolute Gasteiger partial charge is 0.335 e. The van der Waals surface area contributed by atoms with E-state index in [4.69, 9.17) is 9.84 Å². The molecule has 0 atom stereocenters. The Kier molecular flexibility index (Phi) is 4.83. The van der Waals surface area contributed by atoms with E-state index in [2.05, 4.69) is 4.98 Å². The molecule has 3 aromatic rings. The molecule has 0 amide bonds. The first-order valence-corrected chi connectivity index (χ1v) is 8.94. The average Bonchev–Trinajstić information content (AvgIpc) is 2.96. The quantitative estimate of drug-likeness (QED) is 0.657. The first-order chi connectivity index (χ1) is 11.2. The van der Waals surface area contributed by atoms with Gasteiger partial charge in [0.25, 0.3) is 0 Å². The molecule has 0 radical (unpaired) electrons. The molecule has 1 aromatic heterocycles. The number of thioether (sulfide) groups is 1. The molecule has 1 heterocycles. The minimum Gasteiger partial charge on any atom is -0.494 e. The Bertz CT molecular complexity index is 827. The van der Waals surface area contributed by atoms with Gasteiger partial charge in [-0.25, -0.2) is 9.78 Å². The summed E-state index contributed by atoms with van der Waals surface area (Å²) in [5.74, 6) is 0.725. The number of carbonyl (C=O) groups is 1. The molecule has 6 heteroatoms. The number of carboxylic acids is 1. The van der Waals surface area contributed by atoms with Gasteiger partial charge < -0.3 is 9.84 Å². The van der Waals surface area contributed by atoms with Crippen LogP contribution in [0.25, 0.3) is 10.2 Å². The summed E-state index contributed by atoms with van der Waals surface area (Å²) in [6.07, 6.45) is 0. The summed E-state index contributed by atoms with van der Waals surface area (Å²) in [5.41, 5.74) is 2.36. The van der Waals surface area contributed by atoms with Crippen molar-refractivity contribution in [3.05, 3.63) is 53.6 Å². The summed E-state index contributed by atoms with van der Waals surface area (Å²) < 4.78 is 7.61. The minimum absolute atomic E-state index is 0.308. The van der Waals surface area contributed by atoms with Gasteiger partial charge in [-0.1, -0.05) is 23.9 Å². The van der Waals surface area contributed by atoms with Crippen LogP contribution >= 0.6 is 23.1 Å². The molecule has 0 aliphatic rings. The third-order valence-corrected chi connectivity index (χ3v) is 5.45. The van der Waals surface area contributed by atoms with Crippen molar-refractivity contribution in [2.75, 3.05) is 6.61 Å². The SMILES string of the molecule is CCOc1ccc2nc(SCc3ccc(C(=O)O)cc3)sc2c1. The number of aromatic nitrogens is 1. The molecule has 0 fully saturated rings. The van der Waals surface area contributed by atoms with E-state index in [1.165, 1.54) is 0 Å². The molecular formula is C17H15NO3S2. The molecule has 0 saturated carbocycles. The predicted molar refractivity (Wildman–Crippen MR) is 93.8 cm³/mol. The number of aromatic carboxylic acids is 1. The van der Waals surface area contributed by atoms with E-state index in [0.29, 0.717) is 12.2 Å². The highest BCUT2D eigenvalue weighted by Gasteiger charge is 2.07. The van der Waals surface area contributed by atoms with Crippen LogP contribution in [0.15, 0.2) is 46.8 Å². The lowest BCUT2D eigenvalue weighted by Crippen LogP contribution is -1.95. The highest BCUT2D eigenvalue weighted by Crippen LogP contribution is 2.33. The summed E-state index contributed by atoms with van der Waals surface area (Å²) in [5, 5.41) is 8.90. The molecule has 0 unspecified atom stereocenters. The molecule has 0 aliphatic carbocycles. The van der Waals surface area contributed by atoms with Crippen molar-refractivity contribution < 1.29 is 14.6 Å². The maximum atomic E-state index is 10.8. The fourth-order valence-corrected chi connectivity index (χ4v) is 4.14. The zero-order valence-electron chi connectivity index (χ0n) is 12.5. The van der Waals surface area contributed by atoms with E-state index >= 15 is 0 Å². The van der Waals surface area contributed by atoms with E-state index in [-0.39, 0.29) is 0 Å². The van der Waals surface area contributed by atoms with Gasteiger partial charge in [-0.3, -0.25) is 0 Å². The molecule has 4 nitrogen and oxygen atoms in total. The molecule has 0 bridgehead atoms. The van der Waals surface area contributed by atoms with Crippen LogP contribution in [-0.4, -0.2) is 22.7 Å². The van der Waals surface area contributed by atoms with Gasteiger partial charge in [0.05, 0.1) is 22.4 Å². The zero-order chi connectivity index (χ0) is 16.2. The number of carboxylic acid groups (broad SMARTS) is 1. The maximum Gasteiger partial charge on any atom is 0.335 e. The third-order valence-electron chi connectivity index (χ3n) is 3.21. The molecule has 0 spiro atoms. The summed E-state index contributed by atoms with van der Waals surface area (Å²) in [6.45, 7) is 2.62. The maximum absolute atomic E-state index is 10.8. The molecule has 23 heavy (non-hydrogen) atoms. The number of benzene rings is 2. The van der Waals surface area contributed by atoms with E-state index in [1.807, 2.05) is 37.3 Å². The highest BCUT2D eigenvalue weighted by molar-refractivity contribution is 8.00. The number of fused-ring (bicyclic) bond motifs is 1. The van der Waals surface area contributed by atoms with Crippen LogP contribution in [0, 0.1) is 0 Å². The Morgan fingerprint density at radius 3 is 2.74 bits per heavy atom. The second-order valence-corrected chi connectivity index (χ2v) is 7.09. The van der Waals surface area contributed by atoms with E-state index < -0.39 is 5.97 Å². The molecular weight excluding hydrogens is 330 g/mol. The standard InChI is InChI=1S/C17H15NO3S2/c1-2-21-13-7-8-14-15(9-13)23-17(18-14)22-10-11-3-5-12(6-4-11)16(19)20/h3-9H,2,10H2,1H3,(H,19,20). The summed E-state index contributed by atoms with van der Waals surface area (Å²) in [6, 6.07) is 12.9. The van der Waals surface area contributed by atoms with Crippen molar-refractivity contribution in [2.45, 2.75) is 17.0 Å². The summed E-state index contributed by atoms with van der Waals surface area (Å²) in [4.78, 5) is 15.4. The fraction of sp³-hybridized carbons (Fsp3) is 0.176. The van der Waals surface area contributed by atoms with Gasteiger partial charge in [0, 0.05) is 5.75 Å². The largest absolute Gasteiger partial charge is 0.494 e. The number of ether oxygens (including phenoxy) is 1. The van der Waals surface area contributed by atoms with Crippen LogP contribution in [0.4, 0.5) is 0 Å². The van der Waals surface area contributed by atoms with Gasteiger partial charge in [0.15, 0.2) is 4.34 Å². The van der Waals surface area contributed by atoms with Crippen molar-refractivity contribution in [1.82, 2.24) is 4.98 Å². The topological polar surface area (TPSA) is 59.4 Å². The Labute approximate surface area is 142 Å². The van der Waals surface area contributed by atoms with Gasteiger partial charge >= 0.3 is 5.97 Å². The van der Waals surface area contributed by atoms with Crippen LogP contribution in [0.5, 0.6) is 5.75 Å². The third kappa shape index (κ3) is 3.83. The molecule has 3 rings (SSSR count). The monoisotopic (exact) mass is 345 g/mol. The molecule has 0 saturated heterocycles. The number of hydrogen-bond acceptors (Lipinski definition) is 5. The lowest BCUT2D eigenvalue weighted by atomic mass is 10.1. The predicted octanol–water partition coefficient (Wildman–Crippen LogP) is 4.69. The summed E-state index contributed by atoms with van der Waals surface area (Å²) >= 11 is 3.29. The number of hydrogen-bond donors (Lipinski definition) is 1. The van der Waals surface area contributed by atoms with E-state index in [9.17, 15) is 4.79 Å². The van der Waals surface area contributed by atoms with Crippen LogP contribution in [-0.2, 0) is 5.75 Å². The van der Waals surface area contributed by atoms with Crippen LogP contribution in [0.2, 0.25) is 0 Å². The number of rotatable bonds is 6. The minimum atomic E-state index is -0.902. The number of nitrogens with zero attached hydrogens (tertiary/aromatic N) is 1. The molecule has 1 N–H and O–H groups in total. The van der Waals surface area contributed by atoms with Crippen molar-refractivity contribution in [2.24, 2.45) is 0 Å². The van der Waals surface area contributed by atoms with Gasteiger partial charge in [0.1, 0.15) is 5.75 Å². The first kappa shape index (κ1) is 15.8. The van der Waals surface area contributed by atoms with E-state index in [0.717, 1.165) is 31.6 Å². The van der Waals surface area contributed by atoms with Crippen LogP contribution in [0.1, 0.15) is 22.8 Å². The van der Waals surface area contributed by atoms with Crippen molar-refractivity contribution in [3.63, 3.8) is 0 Å². The second kappa shape index (κ2) is 7.02. The second-order valence-electron chi connectivity index (χ2n) is 4.83. The van der Waals surface area contributed by atoms with Crippen molar-refractivity contribution in [3.8, 4) is 5.75 Å². The van der Waals surface area contributed by atoms with Crippen LogP contribution < -0.4 is 4.74 Å². The Morgan fingerprint density at radius 2 is 2.04 bits per heavy atom. The van der Waals surface area contributed by atoms with Gasteiger partial charge in [-0.2, -0.15) is 0 Å². The van der Waals surface area contributed by atoms with Gasteiger partial charge in [0.2, 0.25) is 0 Å². The van der Waals surface area contributed by atoms with Gasteiger partial charge in [-0.15, -0.1) is 11.3 Å². The number of thiazole rings is 1. The Hall–Kier alpha value is -2.05. The Balaban J connectivity index is 1.70. The van der Waals surface area contributed by atoms with Crippen molar-refractivity contribution >= 4 is 39.3 Å². The summed E-state index contributed by atoms with van der Waals surface area (Å²) in [7, 11) is 0. The normalized spacial score (nSPS) is 10.8. The lowest BCUT2D eigenvalue weighted by Gasteiger charge is -2.00. The zero-order valence-corrected chi connectivity index (χ0v) is 14.1. The average molecular weight is 345 g/mol. The van der Waals surface area contributed by atoms with Crippen LogP contribution in [0.3, 0.4) is 0 Å². The lowest BCUT2D eigenvalue weighted by molar-refractivity contribution is 0.0697. The molecule has 0 aliphatic heterocycles. The fourth-order valence-electron chi connectivity index (χ4n) is 2.09. The van der Waals surface area contributed by atoms with Crippen molar-refractivity contribution in [1.29, 1.82) is 0 Å². The molecule has 118 valence electrons. The Morgan fingerprint density at radius 1 is 1.26 bits per heavy atom.